The van der Waals surface area contributed by atoms with E-state index in [0.717, 1.165) is 40.0 Å². The predicted octanol–water partition coefficient (Wildman–Crippen LogP) is 3.82. The highest BCUT2D eigenvalue weighted by molar-refractivity contribution is 7.97. The first-order valence-electron chi connectivity index (χ1n) is 9.94. The third-order valence-corrected chi connectivity index (χ3v) is 6.26. The van der Waals surface area contributed by atoms with E-state index in [2.05, 4.69) is 31.1 Å². The molecule has 1 fully saturated rings. The summed E-state index contributed by atoms with van der Waals surface area (Å²) >= 11 is 1.56. The second-order valence-corrected chi connectivity index (χ2v) is 8.36. The third kappa shape index (κ3) is 4.01. The fourth-order valence-electron chi connectivity index (χ4n) is 3.65. The number of hydrogen-bond acceptors (Lipinski definition) is 8. The van der Waals surface area contributed by atoms with Gasteiger partial charge < -0.3 is 19.8 Å². The monoisotopic (exact) mass is 432 g/mol. The van der Waals surface area contributed by atoms with Gasteiger partial charge in [-0.1, -0.05) is 6.07 Å². The molecule has 3 aromatic heterocycles. The first kappa shape index (κ1) is 19.6. The van der Waals surface area contributed by atoms with Crippen molar-refractivity contribution in [2.45, 2.75) is 36.4 Å². The standard InChI is InChI=1S/C22H20N6O2S/c23-9-13-2-1-3-17(6-13)31-28-15-7-14(8-15)27-20-18-4-5-24-21(18)25-11-19(20)22-26-10-16(12-29)30-22/h1-6,10-11,14-15,28-29H,7-8,12H2,(H2,24,25,27). The Morgan fingerprint density at radius 2 is 2.13 bits per heavy atom. The van der Waals surface area contributed by atoms with Gasteiger partial charge in [0.1, 0.15) is 18.0 Å². The molecular formula is C22H20N6O2S. The Morgan fingerprint density at radius 1 is 1.23 bits per heavy atom. The van der Waals surface area contributed by atoms with Crippen LogP contribution < -0.4 is 10.0 Å². The van der Waals surface area contributed by atoms with E-state index in [1.54, 1.807) is 24.2 Å². The van der Waals surface area contributed by atoms with Crippen molar-refractivity contribution < 1.29 is 9.52 Å². The lowest BCUT2D eigenvalue weighted by Crippen LogP contribution is -2.45. The maximum absolute atomic E-state index is 9.29. The maximum Gasteiger partial charge on any atom is 0.230 e. The largest absolute Gasteiger partial charge is 0.439 e. The lowest BCUT2D eigenvalue weighted by Gasteiger charge is -2.37. The van der Waals surface area contributed by atoms with Gasteiger partial charge in [0.2, 0.25) is 5.89 Å². The van der Waals surface area contributed by atoms with E-state index < -0.39 is 0 Å². The number of hydrogen-bond donors (Lipinski definition) is 4. The van der Waals surface area contributed by atoms with E-state index in [-0.39, 0.29) is 6.61 Å². The Kier molecular flexibility index (Phi) is 5.34. The Hall–Kier alpha value is -3.32. The van der Waals surface area contributed by atoms with Crippen molar-refractivity contribution in [1.82, 2.24) is 19.7 Å². The van der Waals surface area contributed by atoms with Crippen LogP contribution in [-0.4, -0.2) is 32.1 Å². The van der Waals surface area contributed by atoms with E-state index in [9.17, 15) is 5.11 Å². The second-order valence-electron chi connectivity index (χ2n) is 7.45. The summed E-state index contributed by atoms with van der Waals surface area (Å²) in [6.07, 6.45) is 7.06. The molecule has 1 aromatic carbocycles. The number of H-pyrrole nitrogens is 1. The van der Waals surface area contributed by atoms with Gasteiger partial charge in [-0.2, -0.15) is 5.26 Å². The van der Waals surface area contributed by atoms with E-state index in [0.29, 0.717) is 29.3 Å². The van der Waals surface area contributed by atoms with Crippen molar-refractivity contribution in [3.63, 3.8) is 0 Å². The number of nitrogens with zero attached hydrogens (tertiary/aromatic N) is 3. The molecule has 0 spiro atoms. The van der Waals surface area contributed by atoms with Gasteiger partial charge in [0.05, 0.1) is 29.1 Å². The Bertz CT molecular complexity index is 1250. The average molecular weight is 433 g/mol. The second kappa shape index (κ2) is 8.43. The minimum absolute atomic E-state index is 0.194. The van der Waals surface area contributed by atoms with Crippen LogP contribution in [0.5, 0.6) is 0 Å². The van der Waals surface area contributed by atoms with Crippen molar-refractivity contribution in [2.75, 3.05) is 5.32 Å². The molecule has 0 unspecified atom stereocenters. The molecule has 3 heterocycles. The molecule has 5 rings (SSSR count). The molecule has 0 aliphatic heterocycles. The summed E-state index contributed by atoms with van der Waals surface area (Å²) in [5.74, 6) is 0.851. The molecule has 0 radical (unpaired) electrons. The number of anilines is 1. The van der Waals surface area contributed by atoms with Crippen molar-refractivity contribution in [2.24, 2.45) is 0 Å². The van der Waals surface area contributed by atoms with Gasteiger partial charge in [-0.15, -0.1) is 0 Å². The van der Waals surface area contributed by atoms with E-state index in [4.69, 9.17) is 9.68 Å². The van der Waals surface area contributed by atoms with E-state index >= 15 is 0 Å². The molecule has 1 aliphatic rings. The van der Waals surface area contributed by atoms with Crippen molar-refractivity contribution in [1.29, 1.82) is 5.26 Å². The van der Waals surface area contributed by atoms with Crippen LogP contribution in [0.1, 0.15) is 24.2 Å². The van der Waals surface area contributed by atoms with Gasteiger partial charge in [-0.3, -0.25) is 4.72 Å². The number of nitrogens with one attached hydrogen (secondary N) is 3. The number of pyridine rings is 1. The number of aliphatic hydroxyl groups is 1. The molecule has 0 saturated heterocycles. The first-order valence-corrected chi connectivity index (χ1v) is 10.8. The molecule has 0 atom stereocenters. The lowest BCUT2D eigenvalue weighted by molar-refractivity contribution is 0.248. The summed E-state index contributed by atoms with van der Waals surface area (Å²) in [5, 5.41) is 22.9. The zero-order valence-electron chi connectivity index (χ0n) is 16.5. The number of nitriles is 1. The molecule has 4 N–H and O–H groups in total. The molecule has 1 saturated carbocycles. The van der Waals surface area contributed by atoms with Crippen LogP contribution in [0.3, 0.4) is 0 Å². The minimum Gasteiger partial charge on any atom is -0.439 e. The number of fused-ring (bicyclic) bond motifs is 1. The smallest absolute Gasteiger partial charge is 0.230 e. The highest BCUT2D eigenvalue weighted by Gasteiger charge is 2.30. The Balaban J connectivity index is 1.27. The van der Waals surface area contributed by atoms with Gasteiger partial charge in [0.25, 0.3) is 0 Å². The molecule has 156 valence electrons. The molecule has 1 aliphatic carbocycles. The number of aliphatic hydroxyl groups excluding tert-OH is 1. The summed E-state index contributed by atoms with van der Waals surface area (Å²) in [4.78, 5) is 12.9. The molecule has 0 amide bonds. The van der Waals surface area contributed by atoms with Crippen LogP contribution >= 0.6 is 11.9 Å². The van der Waals surface area contributed by atoms with Crippen molar-refractivity contribution in [3.8, 4) is 17.5 Å². The highest BCUT2D eigenvalue weighted by atomic mass is 32.2. The highest BCUT2D eigenvalue weighted by Crippen LogP contribution is 2.36. The average Bonchev–Trinajstić information content (AvgIpc) is 3.44. The fourth-order valence-corrected chi connectivity index (χ4v) is 4.47. The lowest BCUT2D eigenvalue weighted by atomic mass is 9.87. The normalized spacial score (nSPS) is 17.9. The molecule has 8 nitrogen and oxygen atoms in total. The van der Waals surface area contributed by atoms with E-state index in [1.807, 2.05) is 30.5 Å². The Labute approximate surface area is 182 Å². The quantitative estimate of drug-likeness (QED) is 0.325. The fraction of sp³-hybridized carbons (Fsp3) is 0.227. The first-order chi connectivity index (χ1) is 15.2. The SMILES string of the molecule is N#Cc1cccc(SNC2CC(Nc3c(-c4ncc(CO)o4)cnc4[nH]ccc34)C2)c1. The van der Waals surface area contributed by atoms with Gasteiger partial charge in [-0.05, 0) is 49.1 Å². The predicted molar refractivity (Wildman–Crippen MR) is 118 cm³/mol. The number of aromatic amines is 1. The van der Waals surface area contributed by atoms with Crippen LogP contribution in [-0.2, 0) is 6.61 Å². The number of oxazole rings is 1. The molecular weight excluding hydrogens is 412 g/mol. The van der Waals surface area contributed by atoms with Crippen LogP contribution in [0, 0.1) is 11.3 Å². The van der Waals surface area contributed by atoms with Gasteiger partial charge in [-0.25, -0.2) is 9.97 Å². The number of benzene rings is 1. The van der Waals surface area contributed by atoms with Gasteiger partial charge >= 0.3 is 0 Å². The van der Waals surface area contributed by atoms with Crippen LogP contribution in [0.2, 0.25) is 0 Å². The van der Waals surface area contributed by atoms with Crippen molar-refractivity contribution >= 4 is 28.7 Å². The van der Waals surface area contributed by atoms with Gasteiger partial charge in [0.15, 0.2) is 0 Å². The zero-order chi connectivity index (χ0) is 21.2. The summed E-state index contributed by atoms with van der Waals surface area (Å²) in [6, 6.07) is 12.4. The summed E-state index contributed by atoms with van der Waals surface area (Å²) < 4.78 is 9.14. The topological polar surface area (TPSA) is 123 Å². The Morgan fingerprint density at radius 3 is 2.94 bits per heavy atom. The summed E-state index contributed by atoms with van der Waals surface area (Å²) in [7, 11) is 0. The molecule has 4 aromatic rings. The van der Waals surface area contributed by atoms with Crippen molar-refractivity contribution in [3.05, 3.63) is 60.2 Å². The minimum atomic E-state index is -0.194. The molecule has 31 heavy (non-hydrogen) atoms. The van der Waals surface area contributed by atoms with Crippen LogP contribution in [0.25, 0.3) is 22.5 Å². The maximum atomic E-state index is 9.29. The molecule has 0 bridgehead atoms. The zero-order valence-corrected chi connectivity index (χ0v) is 17.3. The van der Waals surface area contributed by atoms with Crippen LogP contribution in [0.15, 0.2) is 58.2 Å². The molecule has 9 heteroatoms. The number of aromatic nitrogens is 3. The summed E-state index contributed by atoms with van der Waals surface area (Å²) in [5.41, 5.74) is 3.15. The number of rotatable bonds is 7. The summed E-state index contributed by atoms with van der Waals surface area (Å²) in [6.45, 7) is -0.194. The van der Waals surface area contributed by atoms with Gasteiger partial charge in [0, 0.05) is 34.8 Å². The van der Waals surface area contributed by atoms with E-state index in [1.165, 1.54) is 6.20 Å². The third-order valence-electron chi connectivity index (χ3n) is 5.32. The van der Waals surface area contributed by atoms with Crippen LogP contribution in [0.4, 0.5) is 5.69 Å².